The molecule has 0 saturated carbocycles. The van der Waals surface area contributed by atoms with Crippen molar-refractivity contribution in [1.82, 2.24) is 4.98 Å². The number of nitrogens with one attached hydrogen (secondary N) is 1. The molecule has 4 nitrogen and oxygen atoms in total. The number of ether oxygens (including phenoxy) is 1. The average molecular weight is 449 g/mol. The molecular weight excluding hydrogens is 428 g/mol. The van der Waals surface area contributed by atoms with Gasteiger partial charge in [0.25, 0.3) is 5.91 Å². The van der Waals surface area contributed by atoms with Gasteiger partial charge < -0.3 is 4.74 Å². The summed E-state index contributed by atoms with van der Waals surface area (Å²) in [5.74, 6) is 0.360. The van der Waals surface area contributed by atoms with Crippen LogP contribution in [0.5, 0.6) is 5.75 Å². The molecule has 1 aromatic heterocycles. The second-order valence-corrected chi connectivity index (χ2v) is 8.43. The second-order valence-electron chi connectivity index (χ2n) is 7.19. The van der Waals surface area contributed by atoms with Gasteiger partial charge in [0.1, 0.15) is 5.75 Å². The predicted octanol–water partition coefficient (Wildman–Crippen LogP) is 6.76. The number of amides is 1. The SMILES string of the molecule is Cc1cc(OCC(=O)Nc2nc(-c3ccc(-c4ccccc4)cc3)cs2)cc(C)c1Cl. The van der Waals surface area contributed by atoms with E-state index in [9.17, 15) is 4.79 Å². The molecule has 31 heavy (non-hydrogen) atoms. The van der Waals surface area contributed by atoms with Gasteiger partial charge in [-0.3, -0.25) is 10.1 Å². The summed E-state index contributed by atoms with van der Waals surface area (Å²) in [6.45, 7) is 3.72. The number of halogens is 1. The van der Waals surface area contributed by atoms with Gasteiger partial charge in [-0.05, 0) is 48.2 Å². The Morgan fingerprint density at radius 2 is 1.58 bits per heavy atom. The van der Waals surface area contributed by atoms with Crippen molar-refractivity contribution >= 4 is 34.0 Å². The number of nitrogens with zero attached hydrogens (tertiary/aromatic N) is 1. The average Bonchev–Trinajstić information content (AvgIpc) is 3.25. The van der Waals surface area contributed by atoms with Gasteiger partial charge in [-0.25, -0.2) is 4.98 Å². The molecule has 0 aliphatic carbocycles. The van der Waals surface area contributed by atoms with Crippen molar-refractivity contribution in [3.05, 3.63) is 88.3 Å². The zero-order valence-corrected chi connectivity index (χ0v) is 18.8. The summed E-state index contributed by atoms with van der Waals surface area (Å²) in [4.78, 5) is 16.8. The fraction of sp³-hybridized carbons (Fsp3) is 0.120. The number of hydrogen-bond donors (Lipinski definition) is 1. The number of rotatable bonds is 6. The zero-order valence-electron chi connectivity index (χ0n) is 17.2. The van der Waals surface area contributed by atoms with Gasteiger partial charge >= 0.3 is 0 Å². The van der Waals surface area contributed by atoms with E-state index < -0.39 is 0 Å². The Labute approximate surface area is 190 Å². The van der Waals surface area contributed by atoms with Gasteiger partial charge in [-0.2, -0.15) is 0 Å². The molecule has 0 saturated heterocycles. The van der Waals surface area contributed by atoms with Gasteiger partial charge in [-0.1, -0.05) is 66.2 Å². The molecule has 4 rings (SSSR count). The summed E-state index contributed by atoms with van der Waals surface area (Å²) in [6, 6.07) is 22.1. The van der Waals surface area contributed by atoms with Crippen molar-refractivity contribution in [2.45, 2.75) is 13.8 Å². The number of benzene rings is 3. The molecule has 156 valence electrons. The van der Waals surface area contributed by atoms with Crippen LogP contribution in [0.15, 0.2) is 72.1 Å². The lowest BCUT2D eigenvalue weighted by atomic mass is 10.0. The minimum Gasteiger partial charge on any atom is -0.484 e. The highest BCUT2D eigenvalue weighted by atomic mass is 35.5. The molecule has 1 amide bonds. The molecule has 0 unspecified atom stereocenters. The van der Waals surface area contributed by atoms with Gasteiger partial charge in [-0.15, -0.1) is 11.3 Å². The minimum atomic E-state index is -0.259. The third kappa shape index (κ3) is 5.13. The first-order chi connectivity index (χ1) is 15.0. The third-order valence-electron chi connectivity index (χ3n) is 4.82. The number of aryl methyl sites for hydroxylation is 2. The highest BCUT2D eigenvalue weighted by Crippen LogP contribution is 2.28. The molecule has 0 bridgehead atoms. The Bertz CT molecular complexity index is 1180. The second kappa shape index (κ2) is 9.33. The fourth-order valence-corrected chi connectivity index (χ4v) is 4.07. The summed E-state index contributed by atoms with van der Waals surface area (Å²) < 4.78 is 5.61. The van der Waals surface area contributed by atoms with Gasteiger partial charge in [0.15, 0.2) is 11.7 Å². The number of aromatic nitrogens is 1. The van der Waals surface area contributed by atoms with E-state index in [1.54, 1.807) is 0 Å². The van der Waals surface area contributed by atoms with Gasteiger partial charge in [0.2, 0.25) is 0 Å². The Morgan fingerprint density at radius 1 is 0.968 bits per heavy atom. The summed E-state index contributed by atoms with van der Waals surface area (Å²) in [5, 5.41) is 5.98. The first kappa shape index (κ1) is 21.1. The molecule has 0 radical (unpaired) electrons. The Balaban J connectivity index is 1.37. The molecule has 1 heterocycles. The molecule has 0 aliphatic rings. The molecule has 4 aromatic rings. The minimum absolute atomic E-state index is 0.0960. The largest absolute Gasteiger partial charge is 0.484 e. The summed E-state index contributed by atoms with van der Waals surface area (Å²) in [6.07, 6.45) is 0. The third-order valence-corrected chi connectivity index (χ3v) is 6.17. The van der Waals surface area contributed by atoms with E-state index in [1.807, 2.05) is 61.7 Å². The predicted molar refractivity (Wildman–Crippen MR) is 128 cm³/mol. The van der Waals surface area contributed by atoms with E-state index in [0.717, 1.165) is 27.9 Å². The molecule has 0 spiro atoms. The monoisotopic (exact) mass is 448 g/mol. The van der Waals surface area contributed by atoms with Crippen LogP contribution in [0.1, 0.15) is 11.1 Å². The van der Waals surface area contributed by atoms with E-state index in [-0.39, 0.29) is 12.5 Å². The van der Waals surface area contributed by atoms with Crippen LogP contribution >= 0.6 is 22.9 Å². The van der Waals surface area contributed by atoms with E-state index in [4.69, 9.17) is 16.3 Å². The van der Waals surface area contributed by atoms with Crippen LogP contribution in [-0.4, -0.2) is 17.5 Å². The topological polar surface area (TPSA) is 51.2 Å². The van der Waals surface area contributed by atoms with Crippen molar-refractivity contribution in [2.24, 2.45) is 0 Å². The number of carbonyl (C=O) groups excluding carboxylic acids is 1. The highest BCUT2D eigenvalue weighted by molar-refractivity contribution is 7.14. The molecule has 3 aromatic carbocycles. The van der Waals surface area contributed by atoms with Crippen LogP contribution in [0.3, 0.4) is 0 Å². The summed E-state index contributed by atoms with van der Waals surface area (Å²) >= 11 is 7.56. The Hall–Kier alpha value is -3.15. The fourth-order valence-electron chi connectivity index (χ4n) is 3.22. The Kier molecular flexibility index (Phi) is 6.35. The molecule has 0 aliphatic heterocycles. The van der Waals surface area contributed by atoms with Crippen LogP contribution < -0.4 is 10.1 Å². The summed E-state index contributed by atoms with van der Waals surface area (Å²) in [5.41, 5.74) is 5.98. The van der Waals surface area contributed by atoms with E-state index in [1.165, 1.54) is 16.9 Å². The van der Waals surface area contributed by atoms with Crippen LogP contribution in [0.25, 0.3) is 22.4 Å². The maximum Gasteiger partial charge on any atom is 0.264 e. The van der Waals surface area contributed by atoms with Crippen LogP contribution in [0.2, 0.25) is 5.02 Å². The van der Waals surface area contributed by atoms with Crippen molar-refractivity contribution in [3.63, 3.8) is 0 Å². The normalized spacial score (nSPS) is 10.7. The first-order valence-electron chi connectivity index (χ1n) is 9.80. The van der Waals surface area contributed by atoms with Gasteiger partial charge in [0, 0.05) is 16.0 Å². The maximum atomic E-state index is 12.3. The smallest absolute Gasteiger partial charge is 0.264 e. The molecule has 1 N–H and O–H groups in total. The first-order valence-corrected chi connectivity index (χ1v) is 11.1. The van der Waals surface area contributed by atoms with E-state index >= 15 is 0 Å². The lowest BCUT2D eigenvalue weighted by Crippen LogP contribution is -2.20. The van der Waals surface area contributed by atoms with E-state index in [2.05, 4.69) is 34.6 Å². The summed E-state index contributed by atoms with van der Waals surface area (Å²) in [7, 11) is 0. The quantitative estimate of drug-likeness (QED) is 0.354. The lowest BCUT2D eigenvalue weighted by molar-refractivity contribution is -0.118. The number of anilines is 1. The molecule has 0 fully saturated rings. The standard InChI is InChI=1S/C25H21ClN2O2S/c1-16-12-21(13-17(2)24(16)26)30-14-23(29)28-25-27-22(15-31-25)20-10-8-19(9-11-20)18-6-4-3-5-7-18/h3-13,15H,14H2,1-2H3,(H,27,28,29). The van der Waals surface area contributed by atoms with Crippen molar-refractivity contribution < 1.29 is 9.53 Å². The van der Waals surface area contributed by atoms with Crippen LogP contribution in [0.4, 0.5) is 5.13 Å². The lowest BCUT2D eigenvalue weighted by Gasteiger charge is -2.09. The molecule has 0 atom stereocenters. The zero-order chi connectivity index (χ0) is 21.8. The van der Waals surface area contributed by atoms with Crippen molar-refractivity contribution in [3.8, 4) is 28.1 Å². The maximum absolute atomic E-state index is 12.3. The highest BCUT2D eigenvalue weighted by Gasteiger charge is 2.10. The van der Waals surface area contributed by atoms with Crippen molar-refractivity contribution in [2.75, 3.05) is 11.9 Å². The number of hydrogen-bond acceptors (Lipinski definition) is 4. The van der Waals surface area contributed by atoms with Crippen LogP contribution in [-0.2, 0) is 4.79 Å². The van der Waals surface area contributed by atoms with Crippen molar-refractivity contribution in [1.29, 1.82) is 0 Å². The number of thiazole rings is 1. The Morgan fingerprint density at radius 3 is 2.26 bits per heavy atom. The van der Waals surface area contributed by atoms with Gasteiger partial charge in [0.05, 0.1) is 5.69 Å². The molecular formula is C25H21ClN2O2S. The van der Waals surface area contributed by atoms with Crippen LogP contribution in [0, 0.1) is 13.8 Å². The number of carbonyl (C=O) groups is 1. The van der Waals surface area contributed by atoms with E-state index in [0.29, 0.717) is 15.9 Å². The molecule has 6 heteroatoms.